The maximum Gasteiger partial charge on any atom is 0.138 e. The molecule has 20 heavy (non-hydrogen) atoms. The Bertz CT molecular complexity index is 532. The molecule has 0 amide bonds. The van der Waals surface area contributed by atoms with Gasteiger partial charge in [-0.05, 0) is 11.6 Å². The van der Waals surface area contributed by atoms with Crippen molar-refractivity contribution >= 4 is 0 Å². The maximum absolute atomic E-state index is 9.79. The molecule has 2 unspecified atom stereocenters. The fourth-order valence-corrected chi connectivity index (χ4v) is 1.74. The van der Waals surface area contributed by atoms with E-state index in [0.717, 1.165) is 5.56 Å². The zero-order chi connectivity index (χ0) is 14.4. The van der Waals surface area contributed by atoms with Crippen LogP contribution in [0.25, 0.3) is 0 Å². The number of benzene rings is 1. The van der Waals surface area contributed by atoms with Crippen molar-refractivity contribution in [3.63, 3.8) is 0 Å². The van der Waals surface area contributed by atoms with Gasteiger partial charge in [-0.3, -0.25) is 4.98 Å². The van der Waals surface area contributed by atoms with E-state index in [2.05, 4.69) is 4.98 Å². The van der Waals surface area contributed by atoms with Gasteiger partial charge in [0, 0.05) is 11.8 Å². The highest BCUT2D eigenvalue weighted by molar-refractivity contribution is 5.26. The minimum atomic E-state index is -1.24. The van der Waals surface area contributed by atoms with E-state index in [-0.39, 0.29) is 0 Å². The second-order valence-corrected chi connectivity index (χ2v) is 4.42. The van der Waals surface area contributed by atoms with Gasteiger partial charge in [0.15, 0.2) is 0 Å². The molecule has 0 fully saturated rings. The normalized spacial score (nSPS) is 13.8. The minimum Gasteiger partial charge on any atom is -0.487 e. The third-order valence-corrected chi connectivity index (χ3v) is 2.88. The van der Waals surface area contributed by atoms with Gasteiger partial charge in [0.25, 0.3) is 0 Å². The maximum atomic E-state index is 9.79. The Morgan fingerprint density at radius 1 is 1.10 bits per heavy atom. The molecule has 2 aromatic rings. The van der Waals surface area contributed by atoms with Crippen LogP contribution in [0.2, 0.25) is 0 Å². The summed E-state index contributed by atoms with van der Waals surface area (Å²) in [5.74, 6) is 0.496. The van der Waals surface area contributed by atoms with Gasteiger partial charge in [-0.25, -0.2) is 0 Å². The van der Waals surface area contributed by atoms with E-state index >= 15 is 0 Å². The molecule has 0 aliphatic heterocycles. The monoisotopic (exact) mass is 275 g/mol. The Labute approximate surface area is 117 Å². The molecule has 0 saturated carbocycles. The molecule has 0 bridgehead atoms. The molecule has 0 saturated heterocycles. The zero-order valence-corrected chi connectivity index (χ0v) is 10.9. The summed E-state index contributed by atoms with van der Waals surface area (Å²) in [6, 6.07) is 11.3. The Morgan fingerprint density at radius 2 is 1.85 bits per heavy atom. The fourth-order valence-electron chi connectivity index (χ4n) is 1.74. The molecule has 0 aliphatic carbocycles. The first-order valence-electron chi connectivity index (χ1n) is 6.29. The number of aromatic nitrogens is 1. The summed E-state index contributed by atoms with van der Waals surface area (Å²) in [7, 11) is 0. The van der Waals surface area contributed by atoms with Gasteiger partial charge in [-0.2, -0.15) is 0 Å². The van der Waals surface area contributed by atoms with Gasteiger partial charge in [0.05, 0.1) is 12.8 Å². The standard InChI is InChI=1S/C15H17NO4/c17-9-14(18)15(19)12-6-13(8-16-7-12)20-10-11-4-2-1-3-5-11/h1-8,14-15,17-19H,9-10H2. The zero-order valence-electron chi connectivity index (χ0n) is 10.9. The molecular formula is C15H17NO4. The molecule has 106 valence electrons. The molecule has 2 rings (SSSR count). The summed E-state index contributed by atoms with van der Waals surface area (Å²) in [5, 5.41) is 28.0. The summed E-state index contributed by atoms with van der Waals surface area (Å²) < 4.78 is 5.58. The number of nitrogens with zero attached hydrogens (tertiary/aromatic N) is 1. The minimum absolute atomic E-state index is 0.393. The van der Waals surface area contributed by atoms with Crippen molar-refractivity contribution in [2.75, 3.05) is 6.61 Å². The highest BCUT2D eigenvalue weighted by Crippen LogP contribution is 2.21. The Kier molecular flexibility index (Phi) is 5.06. The number of pyridine rings is 1. The first-order valence-corrected chi connectivity index (χ1v) is 6.29. The lowest BCUT2D eigenvalue weighted by atomic mass is 10.1. The third-order valence-electron chi connectivity index (χ3n) is 2.88. The molecule has 5 heteroatoms. The van der Waals surface area contributed by atoms with Gasteiger partial charge >= 0.3 is 0 Å². The quantitative estimate of drug-likeness (QED) is 0.734. The Balaban J connectivity index is 2.03. The van der Waals surface area contributed by atoms with E-state index in [9.17, 15) is 10.2 Å². The van der Waals surface area contributed by atoms with Crippen LogP contribution in [-0.2, 0) is 6.61 Å². The summed E-state index contributed by atoms with van der Waals surface area (Å²) in [5.41, 5.74) is 1.42. The molecule has 2 atom stereocenters. The van der Waals surface area contributed by atoms with Crippen molar-refractivity contribution in [3.8, 4) is 5.75 Å². The number of hydrogen-bond donors (Lipinski definition) is 3. The first kappa shape index (κ1) is 14.5. The highest BCUT2D eigenvalue weighted by Gasteiger charge is 2.18. The second-order valence-electron chi connectivity index (χ2n) is 4.42. The summed E-state index contributed by atoms with van der Waals surface area (Å²) in [6.07, 6.45) is 0.539. The van der Waals surface area contributed by atoms with Gasteiger partial charge in [-0.15, -0.1) is 0 Å². The molecule has 1 aromatic heterocycles. The lowest BCUT2D eigenvalue weighted by Crippen LogP contribution is -2.22. The molecule has 3 N–H and O–H groups in total. The van der Waals surface area contributed by atoms with Crippen molar-refractivity contribution in [1.29, 1.82) is 0 Å². The van der Waals surface area contributed by atoms with Crippen LogP contribution in [-0.4, -0.2) is 33.0 Å². The first-order chi connectivity index (χ1) is 9.70. The van der Waals surface area contributed by atoms with E-state index in [4.69, 9.17) is 9.84 Å². The van der Waals surface area contributed by atoms with E-state index in [1.165, 1.54) is 12.4 Å². The largest absolute Gasteiger partial charge is 0.487 e. The van der Waals surface area contributed by atoms with Crippen molar-refractivity contribution in [3.05, 3.63) is 59.9 Å². The Morgan fingerprint density at radius 3 is 2.55 bits per heavy atom. The second kappa shape index (κ2) is 7.00. The van der Waals surface area contributed by atoms with Crippen molar-refractivity contribution in [2.45, 2.75) is 18.8 Å². The number of ether oxygens (including phenoxy) is 1. The molecule has 0 aliphatic rings. The van der Waals surface area contributed by atoms with E-state index < -0.39 is 18.8 Å². The average molecular weight is 275 g/mol. The van der Waals surface area contributed by atoms with Crippen LogP contribution in [0.15, 0.2) is 48.8 Å². The predicted molar refractivity (Wildman–Crippen MR) is 73.1 cm³/mol. The smallest absolute Gasteiger partial charge is 0.138 e. The van der Waals surface area contributed by atoms with Crippen LogP contribution in [0.4, 0.5) is 0 Å². The molecule has 1 aromatic carbocycles. The summed E-state index contributed by atoms with van der Waals surface area (Å²) in [6.45, 7) is -0.124. The van der Waals surface area contributed by atoms with Gasteiger partial charge in [0.1, 0.15) is 24.6 Å². The number of hydrogen-bond acceptors (Lipinski definition) is 5. The van der Waals surface area contributed by atoms with Crippen molar-refractivity contribution in [2.24, 2.45) is 0 Å². The van der Waals surface area contributed by atoms with Crippen molar-refractivity contribution < 1.29 is 20.1 Å². The van der Waals surface area contributed by atoms with Gasteiger partial charge < -0.3 is 20.1 Å². The Hall–Kier alpha value is -1.95. The van der Waals surface area contributed by atoms with Crippen LogP contribution >= 0.6 is 0 Å². The number of aliphatic hydroxyl groups excluding tert-OH is 3. The van der Waals surface area contributed by atoms with Crippen LogP contribution in [0.5, 0.6) is 5.75 Å². The predicted octanol–water partition coefficient (Wildman–Crippen LogP) is 1.05. The summed E-state index contributed by atoms with van der Waals surface area (Å²) in [4.78, 5) is 3.96. The van der Waals surface area contributed by atoms with E-state index in [1.807, 2.05) is 30.3 Å². The third kappa shape index (κ3) is 3.77. The molecule has 5 nitrogen and oxygen atoms in total. The average Bonchev–Trinajstić information content (AvgIpc) is 2.52. The van der Waals surface area contributed by atoms with E-state index in [1.54, 1.807) is 6.07 Å². The van der Waals surface area contributed by atoms with Gasteiger partial charge in [-0.1, -0.05) is 30.3 Å². The summed E-state index contributed by atoms with van der Waals surface area (Å²) >= 11 is 0. The van der Waals surface area contributed by atoms with Gasteiger partial charge in [0.2, 0.25) is 0 Å². The molecule has 1 heterocycles. The van der Waals surface area contributed by atoms with Crippen LogP contribution in [0, 0.1) is 0 Å². The SMILES string of the molecule is OCC(O)C(O)c1cncc(OCc2ccccc2)c1. The topological polar surface area (TPSA) is 82.8 Å². The van der Waals surface area contributed by atoms with Crippen LogP contribution in [0.1, 0.15) is 17.2 Å². The molecule has 0 spiro atoms. The van der Waals surface area contributed by atoms with Crippen LogP contribution in [0.3, 0.4) is 0 Å². The number of rotatable bonds is 6. The lowest BCUT2D eigenvalue weighted by Gasteiger charge is -2.16. The highest BCUT2D eigenvalue weighted by atomic mass is 16.5. The van der Waals surface area contributed by atoms with Crippen LogP contribution < -0.4 is 4.74 Å². The number of aliphatic hydroxyl groups is 3. The van der Waals surface area contributed by atoms with E-state index in [0.29, 0.717) is 17.9 Å². The van der Waals surface area contributed by atoms with Crippen molar-refractivity contribution in [1.82, 2.24) is 4.98 Å². The lowest BCUT2D eigenvalue weighted by molar-refractivity contribution is -0.0155. The molecule has 0 radical (unpaired) electrons. The fraction of sp³-hybridized carbons (Fsp3) is 0.267. The molecular weight excluding hydrogens is 258 g/mol.